The Balaban J connectivity index is 2.91. The van der Waals surface area contributed by atoms with Crippen molar-refractivity contribution in [2.75, 3.05) is 0 Å². The zero-order chi connectivity index (χ0) is 16.0. The minimum Gasteiger partial charge on any atom is -0.462 e. The minimum atomic E-state index is -3.72. The Bertz CT molecular complexity index is 646. The highest BCUT2D eigenvalue weighted by atomic mass is 32.2. The summed E-state index contributed by atoms with van der Waals surface area (Å²) in [6, 6.07) is 8.39. The molecule has 5 nitrogen and oxygen atoms in total. The molecule has 0 aliphatic carbocycles. The summed E-state index contributed by atoms with van der Waals surface area (Å²) in [6.45, 7) is 4.87. The van der Waals surface area contributed by atoms with Crippen molar-refractivity contribution >= 4 is 15.8 Å². The summed E-state index contributed by atoms with van der Waals surface area (Å²) < 4.78 is 29.6. The quantitative estimate of drug-likeness (QED) is 0.752. The number of carbonyl (C=O) groups excluding carboxylic acids is 1. The van der Waals surface area contributed by atoms with Crippen LogP contribution in [-0.2, 0) is 25.1 Å². The number of carbonyl (C=O) groups is 1. The van der Waals surface area contributed by atoms with E-state index in [4.69, 9.17) is 10.00 Å². The largest absolute Gasteiger partial charge is 0.462 e. The molecule has 0 aromatic heterocycles. The topological polar surface area (TPSA) is 84.2 Å². The summed E-state index contributed by atoms with van der Waals surface area (Å²) in [5.74, 6) is -1.10. The second kappa shape index (κ2) is 7.23. The van der Waals surface area contributed by atoms with Gasteiger partial charge in [-0.25, -0.2) is 8.42 Å². The van der Waals surface area contributed by atoms with Crippen molar-refractivity contribution in [1.29, 1.82) is 5.26 Å². The van der Waals surface area contributed by atoms with Gasteiger partial charge in [-0.15, -0.1) is 0 Å². The first-order chi connectivity index (χ1) is 9.81. The van der Waals surface area contributed by atoms with Crippen LogP contribution in [0.15, 0.2) is 24.3 Å². The summed E-state index contributed by atoms with van der Waals surface area (Å²) in [4.78, 5) is 11.8. The van der Waals surface area contributed by atoms with Crippen LogP contribution in [0.2, 0.25) is 0 Å². The molecule has 0 saturated carbocycles. The van der Waals surface area contributed by atoms with E-state index in [0.29, 0.717) is 17.5 Å². The number of nitrogens with zero attached hydrogens (tertiary/aromatic N) is 1. The molecule has 0 spiro atoms. The Morgan fingerprint density at radius 1 is 1.33 bits per heavy atom. The lowest BCUT2D eigenvalue weighted by Crippen LogP contribution is -2.32. The lowest BCUT2D eigenvalue weighted by molar-refractivity contribution is -0.147. The molecule has 0 amide bonds. The summed E-state index contributed by atoms with van der Waals surface area (Å²) in [7, 11) is -3.72. The molecule has 6 heteroatoms. The van der Waals surface area contributed by atoms with E-state index in [1.807, 2.05) is 13.0 Å². The monoisotopic (exact) mass is 309 g/mol. The van der Waals surface area contributed by atoms with Crippen molar-refractivity contribution in [3.63, 3.8) is 0 Å². The van der Waals surface area contributed by atoms with Crippen molar-refractivity contribution in [2.24, 2.45) is 0 Å². The number of sulfone groups is 1. The molecule has 0 aliphatic rings. The average molecular weight is 309 g/mol. The molecule has 0 fully saturated rings. The Morgan fingerprint density at radius 3 is 2.52 bits per heavy atom. The Kier molecular flexibility index (Phi) is 5.91. The highest BCUT2D eigenvalue weighted by Gasteiger charge is 2.31. The third kappa shape index (κ3) is 4.57. The smallest absolute Gasteiger partial charge is 0.324 e. The van der Waals surface area contributed by atoms with E-state index in [-0.39, 0.29) is 11.9 Å². The molecule has 1 rings (SSSR count). The molecule has 0 radical (unpaired) electrons. The van der Waals surface area contributed by atoms with Gasteiger partial charge in [-0.05, 0) is 31.9 Å². The van der Waals surface area contributed by atoms with Crippen molar-refractivity contribution in [2.45, 2.75) is 44.3 Å². The average Bonchev–Trinajstić information content (AvgIpc) is 2.46. The van der Waals surface area contributed by atoms with Crippen LogP contribution in [0.3, 0.4) is 0 Å². The first kappa shape index (κ1) is 17.2. The number of ether oxygens (including phenoxy) is 1. The van der Waals surface area contributed by atoms with Gasteiger partial charge in [-0.1, -0.05) is 25.1 Å². The maximum Gasteiger partial charge on any atom is 0.324 e. The molecule has 0 bridgehead atoms. The highest BCUT2D eigenvalue weighted by Crippen LogP contribution is 2.16. The Morgan fingerprint density at radius 2 is 1.95 bits per heavy atom. The maximum atomic E-state index is 12.3. The van der Waals surface area contributed by atoms with Crippen LogP contribution in [0.5, 0.6) is 0 Å². The van der Waals surface area contributed by atoms with Crippen molar-refractivity contribution in [3.8, 4) is 6.07 Å². The fraction of sp³-hybridized carbons (Fsp3) is 0.467. The number of hydrogen-bond acceptors (Lipinski definition) is 5. The van der Waals surface area contributed by atoms with Crippen LogP contribution < -0.4 is 0 Å². The van der Waals surface area contributed by atoms with Gasteiger partial charge >= 0.3 is 5.97 Å². The van der Waals surface area contributed by atoms with E-state index in [9.17, 15) is 13.2 Å². The zero-order valence-corrected chi connectivity index (χ0v) is 13.2. The van der Waals surface area contributed by atoms with Crippen molar-refractivity contribution < 1.29 is 17.9 Å². The molecule has 1 aromatic rings. The Hall–Kier alpha value is -1.87. The van der Waals surface area contributed by atoms with E-state index in [2.05, 4.69) is 0 Å². The van der Waals surface area contributed by atoms with Crippen molar-refractivity contribution in [1.82, 2.24) is 0 Å². The molecule has 0 heterocycles. The lowest BCUT2D eigenvalue weighted by atomic mass is 10.1. The standard InChI is InChI=1S/C15H19NO4S/c1-4-11(2)20-15(17)12(3)21(18,19)10-14-8-6-5-7-13(14)9-16/h5-8,11-12H,4,10H2,1-3H3. The normalized spacial score (nSPS) is 14.0. The van der Waals surface area contributed by atoms with E-state index in [1.54, 1.807) is 31.2 Å². The van der Waals surface area contributed by atoms with E-state index >= 15 is 0 Å². The van der Waals surface area contributed by atoms with E-state index in [0.717, 1.165) is 0 Å². The lowest BCUT2D eigenvalue weighted by Gasteiger charge is -2.16. The van der Waals surface area contributed by atoms with Gasteiger partial charge in [0.1, 0.15) is 0 Å². The Labute approximate surface area is 125 Å². The fourth-order valence-electron chi connectivity index (χ4n) is 1.62. The number of nitriles is 1. The number of benzene rings is 1. The van der Waals surface area contributed by atoms with E-state index in [1.165, 1.54) is 6.92 Å². The SMILES string of the molecule is CCC(C)OC(=O)C(C)S(=O)(=O)Cc1ccccc1C#N. The van der Waals surface area contributed by atoms with Crippen LogP contribution in [0.25, 0.3) is 0 Å². The first-order valence-corrected chi connectivity index (χ1v) is 8.43. The fourth-order valence-corrected chi connectivity index (χ4v) is 2.91. The van der Waals surface area contributed by atoms with Crippen LogP contribution in [0.1, 0.15) is 38.3 Å². The molecule has 1 aromatic carbocycles. The van der Waals surface area contributed by atoms with Gasteiger partial charge in [-0.2, -0.15) is 5.26 Å². The second-order valence-electron chi connectivity index (χ2n) is 4.87. The van der Waals surface area contributed by atoms with Gasteiger partial charge in [0.15, 0.2) is 15.1 Å². The third-order valence-corrected chi connectivity index (χ3v) is 5.24. The molecule has 114 valence electrons. The third-order valence-electron chi connectivity index (χ3n) is 3.26. The summed E-state index contributed by atoms with van der Waals surface area (Å²) in [5.41, 5.74) is 0.687. The summed E-state index contributed by atoms with van der Waals surface area (Å²) in [6.07, 6.45) is 0.303. The minimum absolute atomic E-state index is 0.295. The van der Waals surface area contributed by atoms with Crippen LogP contribution in [-0.4, -0.2) is 25.7 Å². The highest BCUT2D eigenvalue weighted by molar-refractivity contribution is 7.92. The molecular formula is C15H19NO4S. The van der Waals surface area contributed by atoms with Gasteiger partial charge < -0.3 is 4.74 Å². The van der Waals surface area contributed by atoms with E-state index < -0.39 is 21.1 Å². The maximum absolute atomic E-state index is 12.3. The number of rotatable bonds is 6. The molecule has 0 aliphatic heterocycles. The van der Waals surface area contributed by atoms with Gasteiger partial charge in [0.25, 0.3) is 0 Å². The van der Waals surface area contributed by atoms with Gasteiger partial charge in [0, 0.05) is 0 Å². The van der Waals surface area contributed by atoms with Crippen LogP contribution in [0.4, 0.5) is 0 Å². The zero-order valence-electron chi connectivity index (χ0n) is 12.4. The van der Waals surface area contributed by atoms with Crippen LogP contribution >= 0.6 is 0 Å². The predicted molar refractivity (Wildman–Crippen MR) is 79.1 cm³/mol. The summed E-state index contributed by atoms with van der Waals surface area (Å²) >= 11 is 0. The number of esters is 1. The van der Waals surface area contributed by atoms with Crippen molar-refractivity contribution in [3.05, 3.63) is 35.4 Å². The van der Waals surface area contributed by atoms with Gasteiger partial charge in [0.2, 0.25) is 0 Å². The summed E-state index contributed by atoms with van der Waals surface area (Å²) in [5, 5.41) is 7.73. The predicted octanol–water partition coefficient (Wildman–Crippen LogP) is 2.20. The van der Waals surface area contributed by atoms with Gasteiger partial charge in [0.05, 0.1) is 23.5 Å². The molecule has 0 saturated heterocycles. The second-order valence-corrected chi connectivity index (χ2v) is 7.20. The number of hydrogen-bond donors (Lipinski definition) is 0. The molecular weight excluding hydrogens is 290 g/mol. The van der Waals surface area contributed by atoms with Gasteiger partial charge in [-0.3, -0.25) is 4.79 Å². The molecule has 2 atom stereocenters. The van der Waals surface area contributed by atoms with Crippen LogP contribution in [0, 0.1) is 11.3 Å². The first-order valence-electron chi connectivity index (χ1n) is 6.71. The molecule has 0 N–H and O–H groups in total. The molecule has 2 unspecified atom stereocenters. The molecule has 21 heavy (non-hydrogen) atoms.